The summed E-state index contributed by atoms with van der Waals surface area (Å²) in [6.45, 7) is 6.52. The molecule has 0 radical (unpaired) electrons. The zero-order chi connectivity index (χ0) is 25.5. The van der Waals surface area contributed by atoms with Crippen molar-refractivity contribution in [3.8, 4) is 0 Å². The van der Waals surface area contributed by atoms with Gasteiger partial charge in [0.25, 0.3) is 0 Å². The van der Waals surface area contributed by atoms with Gasteiger partial charge in [-0.05, 0) is 76.0 Å². The Labute approximate surface area is 219 Å². The predicted molar refractivity (Wildman–Crippen MR) is 156 cm³/mol. The molecule has 192 valence electrons. The molecule has 0 heterocycles. The van der Waals surface area contributed by atoms with E-state index in [1.165, 1.54) is 0 Å². The largest absolute Gasteiger partial charge is 0.465 e. The van der Waals surface area contributed by atoms with E-state index in [-0.39, 0.29) is 5.97 Å². The van der Waals surface area contributed by atoms with Crippen LogP contribution in [0.1, 0.15) is 84.1 Å². The van der Waals surface area contributed by atoms with Crippen LogP contribution in [0.15, 0.2) is 91.1 Å². The first-order valence-electron chi connectivity index (χ1n) is 13.3. The van der Waals surface area contributed by atoms with E-state index in [0.29, 0.717) is 6.61 Å². The smallest absolute Gasteiger partial charge is 0.326 e. The van der Waals surface area contributed by atoms with E-state index in [2.05, 4.69) is 74.6 Å². The molecule has 1 aromatic rings. The summed E-state index contributed by atoms with van der Waals surface area (Å²) in [5, 5.41) is 0. The van der Waals surface area contributed by atoms with Crippen molar-refractivity contribution in [3.63, 3.8) is 0 Å². The Hall–Kier alpha value is -2.26. The van der Waals surface area contributed by atoms with Gasteiger partial charge in [0, 0.05) is 0 Å². The second kappa shape index (κ2) is 21.1. The number of carbonyl (C=O) groups excluding carboxylic acids is 1. The van der Waals surface area contributed by atoms with Gasteiger partial charge in [-0.25, -0.2) is 0 Å². The van der Waals surface area contributed by atoms with E-state index in [1.54, 1.807) is 11.8 Å². The first-order chi connectivity index (χ1) is 17.2. The summed E-state index contributed by atoms with van der Waals surface area (Å²) in [7, 11) is 0. The van der Waals surface area contributed by atoms with Crippen molar-refractivity contribution < 1.29 is 9.53 Å². The van der Waals surface area contributed by atoms with Crippen molar-refractivity contribution in [2.75, 3.05) is 12.4 Å². The molecular formula is C32H46O2S. The number of ether oxygens (including phenoxy) is 1. The molecule has 0 amide bonds. The summed E-state index contributed by atoms with van der Waals surface area (Å²) < 4.78 is 4.85. The molecule has 35 heavy (non-hydrogen) atoms. The maximum atomic E-state index is 12.8. The maximum absolute atomic E-state index is 12.8. The highest BCUT2D eigenvalue weighted by Crippen LogP contribution is 2.41. The van der Waals surface area contributed by atoms with Gasteiger partial charge >= 0.3 is 5.97 Å². The maximum Gasteiger partial charge on any atom is 0.326 e. The Morgan fingerprint density at radius 1 is 0.771 bits per heavy atom. The quantitative estimate of drug-likeness (QED) is 0.109. The average molecular weight is 495 g/mol. The lowest BCUT2D eigenvalue weighted by Crippen LogP contribution is -2.34. The van der Waals surface area contributed by atoms with Crippen molar-refractivity contribution in [2.24, 2.45) is 0 Å². The van der Waals surface area contributed by atoms with Crippen LogP contribution < -0.4 is 0 Å². The number of hydrogen-bond acceptors (Lipinski definition) is 3. The van der Waals surface area contributed by atoms with Gasteiger partial charge in [-0.1, -0.05) is 105 Å². The minimum absolute atomic E-state index is 0.114. The lowest BCUT2D eigenvalue weighted by Gasteiger charge is -2.30. The van der Waals surface area contributed by atoms with Gasteiger partial charge in [-0.3, -0.25) is 4.79 Å². The number of thioether (sulfide) groups is 1. The standard InChI is InChI=1S/C32H46O2S/c1-4-7-8-9-10-11-12-13-14-15-16-17-18-19-20-21-22-26-29-35-32(5-2,31(33)34-6-3)30-27-24-23-25-28-30/h7-8,10-11,13-14,16-17,19-20,23-25,27-28H,4-6,9,12,15,18,21-22,26,29H2,1-3H3. The van der Waals surface area contributed by atoms with E-state index in [4.69, 9.17) is 4.74 Å². The molecule has 0 aliphatic rings. The highest BCUT2D eigenvalue weighted by Gasteiger charge is 2.40. The van der Waals surface area contributed by atoms with E-state index in [9.17, 15) is 4.79 Å². The third kappa shape index (κ3) is 13.4. The first kappa shape index (κ1) is 30.8. The Morgan fingerprint density at radius 2 is 1.31 bits per heavy atom. The Morgan fingerprint density at radius 3 is 1.83 bits per heavy atom. The minimum Gasteiger partial charge on any atom is -0.465 e. The molecule has 1 atom stereocenters. The van der Waals surface area contributed by atoms with Crippen LogP contribution in [0.25, 0.3) is 0 Å². The fourth-order valence-corrected chi connectivity index (χ4v) is 5.03. The fraction of sp³-hybridized carbons (Fsp3) is 0.469. The third-order valence-corrected chi connectivity index (χ3v) is 7.29. The van der Waals surface area contributed by atoms with Crippen LogP contribution in [0, 0.1) is 0 Å². The van der Waals surface area contributed by atoms with E-state index >= 15 is 0 Å². The Bertz CT molecular complexity index is 804. The average Bonchev–Trinajstić information content (AvgIpc) is 2.88. The molecule has 0 N–H and O–H groups in total. The highest BCUT2D eigenvalue weighted by atomic mass is 32.2. The molecule has 0 aromatic heterocycles. The molecular weight excluding hydrogens is 448 g/mol. The zero-order valence-corrected chi connectivity index (χ0v) is 23.0. The lowest BCUT2D eigenvalue weighted by atomic mass is 9.95. The van der Waals surface area contributed by atoms with Crippen LogP contribution >= 0.6 is 11.8 Å². The zero-order valence-electron chi connectivity index (χ0n) is 22.2. The van der Waals surface area contributed by atoms with E-state index in [1.807, 2.05) is 37.3 Å². The van der Waals surface area contributed by atoms with Crippen molar-refractivity contribution in [1.82, 2.24) is 0 Å². The fourth-order valence-electron chi connectivity index (χ4n) is 3.64. The van der Waals surface area contributed by atoms with Gasteiger partial charge in [0.2, 0.25) is 0 Å². The van der Waals surface area contributed by atoms with Crippen molar-refractivity contribution in [1.29, 1.82) is 0 Å². The molecule has 1 rings (SSSR count). The van der Waals surface area contributed by atoms with Crippen molar-refractivity contribution in [2.45, 2.75) is 83.3 Å². The topological polar surface area (TPSA) is 26.3 Å². The molecule has 1 unspecified atom stereocenters. The van der Waals surface area contributed by atoms with Crippen LogP contribution in [-0.2, 0) is 14.3 Å². The SMILES string of the molecule is CCC=CCC=CCC=CCC=CCC=CCCCCSC(CC)(C(=O)OCC)c1ccccc1. The summed E-state index contributed by atoms with van der Waals surface area (Å²) in [5.41, 5.74) is 1.05. The van der Waals surface area contributed by atoms with Gasteiger partial charge in [0.05, 0.1) is 6.61 Å². The normalized spacial score (nSPS) is 14.1. The van der Waals surface area contributed by atoms with Gasteiger partial charge < -0.3 is 4.74 Å². The second-order valence-electron chi connectivity index (χ2n) is 8.32. The number of benzene rings is 1. The third-order valence-electron chi connectivity index (χ3n) is 5.61. The van der Waals surface area contributed by atoms with Crippen LogP contribution in [0.3, 0.4) is 0 Å². The minimum atomic E-state index is -0.603. The van der Waals surface area contributed by atoms with Gasteiger partial charge in [-0.15, -0.1) is 11.8 Å². The number of esters is 1. The van der Waals surface area contributed by atoms with Crippen LogP contribution in [-0.4, -0.2) is 18.3 Å². The predicted octanol–water partition coefficient (Wildman–Crippen LogP) is 9.51. The summed E-state index contributed by atoms with van der Waals surface area (Å²) in [4.78, 5) is 12.8. The molecule has 0 fully saturated rings. The van der Waals surface area contributed by atoms with E-state index < -0.39 is 4.75 Å². The molecule has 0 bridgehead atoms. The van der Waals surface area contributed by atoms with Gasteiger partial charge in [0.15, 0.2) is 0 Å². The lowest BCUT2D eigenvalue weighted by molar-refractivity contribution is -0.146. The number of hydrogen-bond donors (Lipinski definition) is 0. The van der Waals surface area contributed by atoms with Crippen molar-refractivity contribution in [3.05, 3.63) is 96.7 Å². The summed E-state index contributed by atoms with van der Waals surface area (Å²) in [6, 6.07) is 10.1. The van der Waals surface area contributed by atoms with Crippen LogP contribution in [0.4, 0.5) is 0 Å². The highest BCUT2D eigenvalue weighted by molar-refractivity contribution is 8.00. The van der Waals surface area contributed by atoms with Crippen LogP contribution in [0.2, 0.25) is 0 Å². The van der Waals surface area contributed by atoms with Crippen molar-refractivity contribution >= 4 is 17.7 Å². The molecule has 0 aliphatic heterocycles. The summed E-state index contributed by atoms with van der Waals surface area (Å²) in [6.07, 6.45) is 31.5. The summed E-state index contributed by atoms with van der Waals surface area (Å²) in [5.74, 6) is 0.836. The van der Waals surface area contributed by atoms with Gasteiger partial charge in [-0.2, -0.15) is 0 Å². The summed E-state index contributed by atoms with van der Waals surface area (Å²) >= 11 is 1.74. The molecule has 3 heteroatoms. The molecule has 0 saturated carbocycles. The monoisotopic (exact) mass is 494 g/mol. The number of allylic oxidation sites excluding steroid dienone is 10. The molecule has 0 aliphatic carbocycles. The molecule has 2 nitrogen and oxygen atoms in total. The number of unbranched alkanes of at least 4 members (excludes halogenated alkanes) is 2. The Kier molecular flexibility index (Phi) is 18.5. The number of rotatable bonds is 19. The molecule has 1 aromatic carbocycles. The van der Waals surface area contributed by atoms with Gasteiger partial charge in [0.1, 0.15) is 4.75 Å². The first-order valence-corrected chi connectivity index (χ1v) is 14.3. The van der Waals surface area contributed by atoms with Crippen LogP contribution in [0.5, 0.6) is 0 Å². The second-order valence-corrected chi connectivity index (χ2v) is 9.71. The molecule has 0 saturated heterocycles. The Balaban J connectivity index is 2.24. The van der Waals surface area contributed by atoms with E-state index in [0.717, 1.165) is 69.1 Å². The molecule has 0 spiro atoms. The number of carbonyl (C=O) groups is 1.